The third-order valence-electron chi connectivity index (χ3n) is 5.25. The lowest BCUT2D eigenvalue weighted by Gasteiger charge is -2.28. The summed E-state index contributed by atoms with van der Waals surface area (Å²) in [5.74, 6) is -0.412. The minimum Gasteiger partial charge on any atom is -0.462 e. The summed E-state index contributed by atoms with van der Waals surface area (Å²) in [6.45, 7) is 4.28. The van der Waals surface area contributed by atoms with Crippen LogP contribution in [0.1, 0.15) is 39.0 Å². The van der Waals surface area contributed by atoms with Gasteiger partial charge in [-0.2, -0.15) is 13.2 Å². The first-order chi connectivity index (χ1) is 17.7. The highest BCUT2D eigenvalue weighted by Gasteiger charge is 2.40. The minimum absolute atomic E-state index is 0.248. The number of aromatic nitrogens is 2. The van der Waals surface area contributed by atoms with E-state index in [0.717, 1.165) is 0 Å². The molecule has 1 aromatic heterocycles. The monoisotopic (exact) mass is 564 g/mol. The Kier molecular flexibility index (Phi) is 9.21. The molecule has 2 aromatic rings. The number of hydrogen-bond acceptors (Lipinski definition) is 9. The van der Waals surface area contributed by atoms with Crippen LogP contribution in [0.4, 0.5) is 13.2 Å². The number of halogens is 3. The van der Waals surface area contributed by atoms with Crippen LogP contribution in [0.2, 0.25) is 0 Å². The molecule has 210 valence electrons. The van der Waals surface area contributed by atoms with Gasteiger partial charge in [0.05, 0.1) is 18.8 Å². The van der Waals surface area contributed by atoms with Crippen LogP contribution in [0, 0.1) is 5.16 Å². The normalized spacial score (nSPS) is 22.2. The van der Waals surface area contributed by atoms with E-state index in [2.05, 4.69) is 5.09 Å². The Labute approximate surface area is 214 Å². The first-order valence-electron chi connectivity index (χ1n) is 11.5. The van der Waals surface area contributed by atoms with Crippen LogP contribution in [0.3, 0.4) is 0 Å². The number of rotatable bonds is 10. The second-order valence-corrected chi connectivity index (χ2v) is 10.5. The molecule has 1 saturated heterocycles. The maximum absolute atomic E-state index is 13.1. The summed E-state index contributed by atoms with van der Waals surface area (Å²) < 4.78 is 62.0. The maximum Gasteiger partial charge on any atom is 0.423 e. The molecule has 0 radical (unpaired) electrons. The molecule has 1 aromatic carbocycles. The average Bonchev–Trinajstić information content (AvgIpc) is 3.17. The minimum atomic E-state index is -5.02. The Bertz CT molecular complexity index is 1280. The van der Waals surface area contributed by atoms with E-state index >= 15 is 0 Å². The number of aromatic amines is 1. The average molecular weight is 564 g/mol. The molecule has 12 nitrogen and oxygen atoms in total. The van der Waals surface area contributed by atoms with Gasteiger partial charge < -0.3 is 23.6 Å². The van der Waals surface area contributed by atoms with Gasteiger partial charge in [-0.3, -0.25) is 19.1 Å². The molecule has 2 heterocycles. The Morgan fingerprint density at radius 3 is 2.55 bits per heavy atom. The molecule has 1 fully saturated rings. The summed E-state index contributed by atoms with van der Waals surface area (Å²) in [5, 5.41) is 21.9. The molecule has 5 atom stereocenters. The molecule has 0 spiro atoms. The molecule has 16 heteroatoms. The van der Waals surface area contributed by atoms with E-state index < -0.39 is 73.8 Å². The van der Waals surface area contributed by atoms with Gasteiger partial charge in [-0.1, -0.05) is 18.2 Å². The lowest BCUT2D eigenvalue weighted by atomic mass is 10.2. The number of nitrogens with one attached hydrogen (secondary N) is 3. The van der Waals surface area contributed by atoms with Gasteiger partial charge in [0.1, 0.15) is 29.7 Å². The van der Waals surface area contributed by atoms with Crippen molar-refractivity contribution in [2.75, 3.05) is 6.61 Å². The predicted octanol–water partition coefficient (Wildman–Crippen LogP) is 2.75. The van der Waals surface area contributed by atoms with Crippen molar-refractivity contribution in [2.24, 2.45) is 0 Å². The van der Waals surface area contributed by atoms with Crippen LogP contribution in [0.25, 0.3) is 0 Å². The molecule has 38 heavy (non-hydrogen) atoms. The number of alkyl halides is 3. The Morgan fingerprint density at radius 1 is 1.29 bits per heavy atom. The summed E-state index contributed by atoms with van der Waals surface area (Å²) in [6, 6.07) is 7.13. The topological polar surface area (TPSA) is 165 Å². The molecule has 1 unspecified atom stereocenters. The van der Waals surface area contributed by atoms with Crippen molar-refractivity contribution in [3.63, 3.8) is 0 Å². The Balaban J connectivity index is 1.77. The van der Waals surface area contributed by atoms with Crippen molar-refractivity contribution in [2.45, 2.75) is 63.9 Å². The van der Waals surface area contributed by atoms with Crippen LogP contribution < -0.4 is 20.9 Å². The molecular formula is C22H28F3N4O8P. The lowest BCUT2D eigenvalue weighted by Crippen LogP contribution is -2.37. The van der Waals surface area contributed by atoms with Gasteiger partial charge in [-0.15, -0.1) is 0 Å². The van der Waals surface area contributed by atoms with Gasteiger partial charge in [0, 0.05) is 12.6 Å². The highest BCUT2D eigenvalue weighted by Crippen LogP contribution is 2.46. The van der Waals surface area contributed by atoms with Gasteiger partial charge in [0.25, 0.3) is 5.56 Å². The standard InChI is InChI=1S/C22H28F3N4O8P/c1-12(2)35-20(32)13(3)28-38(26,37-14-7-5-4-6-8-14)34-11-17-16(30)9-18(36-17)29-10-15(22(23,24)25)19(31)27-21(29)33/h4-8,10,12-13,16-18,30H,9,11H2,1-3H3,(H2,26,28)(H,27,31,33)/t13-,16+,17-,18-,38?/m1/s1. The fourth-order valence-electron chi connectivity index (χ4n) is 3.48. The molecule has 4 N–H and O–H groups in total. The van der Waals surface area contributed by atoms with Crippen molar-refractivity contribution in [1.29, 1.82) is 5.16 Å². The summed E-state index contributed by atoms with van der Waals surface area (Å²) in [5.41, 5.74) is -4.36. The fourth-order valence-corrected chi connectivity index (χ4v) is 5.05. The molecule has 0 bridgehead atoms. The number of carbonyl (C=O) groups excluding carboxylic acids is 1. The van der Waals surface area contributed by atoms with Crippen LogP contribution in [-0.2, 0) is 25.0 Å². The number of para-hydroxylation sites is 1. The number of benzene rings is 1. The van der Waals surface area contributed by atoms with E-state index in [0.29, 0.717) is 10.8 Å². The summed E-state index contributed by atoms with van der Waals surface area (Å²) >= 11 is 0. The van der Waals surface area contributed by atoms with E-state index in [-0.39, 0.29) is 12.2 Å². The third-order valence-corrected chi connectivity index (χ3v) is 6.96. The Morgan fingerprint density at radius 2 is 1.95 bits per heavy atom. The number of ether oxygens (including phenoxy) is 2. The van der Waals surface area contributed by atoms with E-state index in [1.54, 1.807) is 49.2 Å². The molecule has 1 aliphatic heterocycles. The van der Waals surface area contributed by atoms with Crippen molar-refractivity contribution >= 4 is 13.6 Å². The van der Waals surface area contributed by atoms with Gasteiger partial charge in [-0.25, -0.2) is 15.0 Å². The fraction of sp³-hybridized carbons (Fsp3) is 0.500. The van der Waals surface area contributed by atoms with E-state index in [1.807, 2.05) is 0 Å². The van der Waals surface area contributed by atoms with Crippen LogP contribution in [-0.4, -0.2) is 51.6 Å². The molecule has 0 amide bonds. The van der Waals surface area contributed by atoms with Gasteiger partial charge in [0.2, 0.25) is 0 Å². The van der Waals surface area contributed by atoms with Crippen molar-refractivity contribution in [3.8, 4) is 5.75 Å². The highest BCUT2D eigenvalue weighted by molar-refractivity contribution is 7.53. The first-order valence-corrected chi connectivity index (χ1v) is 13.1. The van der Waals surface area contributed by atoms with Gasteiger partial charge in [0.15, 0.2) is 0 Å². The second-order valence-electron chi connectivity index (χ2n) is 8.73. The number of aliphatic hydroxyl groups excluding tert-OH is 1. The van der Waals surface area contributed by atoms with Crippen LogP contribution in [0.5, 0.6) is 5.75 Å². The van der Waals surface area contributed by atoms with Crippen LogP contribution >= 0.6 is 7.66 Å². The smallest absolute Gasteiger partial charge is 0.423 e. The van der Waals surface area contributed by atoms with Crippen LogP contribution in [0.15, 0.2) is 46.1 Å². The van der Waals surface area contributed by atoms with E-state index in [1.165, 1.54) is 6.92 Å². The van der Waals surface area contributed by atoms with Crippen molar-refractivity contribution in [3.05, 3.63) is 62.9 Å². The van der Waals surface area contributed by atoms with Gasteiger partial charge in [-0.05, 0) is 32.9 Å². The van der Waals surface area contributed by atoms with E-state index in [9.17, 15) is 32.7 Å². The SMILES string of the molecule is CC(C)OC(=O)[C@@H](C)NP(=N)(OC[C@H]1O[C@@H](n2cc(C(F)(F)F)c(=O)[nH]c2=O)C[C@@H]1O)Oc1ccccc1. The summed E-state index contributed by atoms with van der Waals surface area (Å²) in [7, 11) is -3.82. The summed E-state index contributed by atoms with van der Waals surface area (Å²) in [4.78, 5) is 37.6. The second kappa shape index (κ2) is 11.8. The zero-order valence-electron chi connectivity index (χ0n) is 20.6. The van der Waals surface area contributed by atoms with Gasteiger partial charge >= 0.3 is 25.5 Å². The number of carbonyl (C=O) groups is 1. The molecule has 0 aliphatic carbocycles. The summed E-state index contributed by atoms with van der Waals surface area (Å²) in [6.07, 6.45) is -9.25. The number of hydrogen-bond donors (Lipinski definition) is 4. The molecular weight excluding hydrogens is 536 g/mol. The molecule has 3 rings (SSSR count). The first kappa shape index (κ1) is 29.6. The van der Waals surface area contributed by atoms with Crippen molar-refractivity contribution in [1.82, 2.24) is 14.6 Å². The maximum atomic E-state index is 13.1. The third kappa shape index (κ3) is 7.54. The van der Waals surface area contributed by atoms with Crippen molar-refractivity contribution < 1.29 is 41.6 Å². The number of nitrogens with zero attached hydrogens (tertiary/aromatic N) is 1. The Hall–Kier alpha value is -2.97. The predicted molar refractivity (Wildman–Crippen MR) is 127 cm³/mol. The zero-order chi connectivity index (χ0) is 28.3. The zero-order valence-corrected chi connectivity index (χ0v) is 21.5. The quantitative estimate of drug-likeness (QED) is 0.251. The molecule has 0 saturated carbocycles. The largest absolute Gasteiger partial charge is 0.462 e. The highest BCUT2D eigenvalue weighted by atomic mass is 31.2. The number of aliphatic hydroxyl groups is 1. The molecule has 1 aliphatic rings. The number of H-pyrrole nitrogens is 1. The van der Waals surface area contributed by atoms with E-state index in [4.69, 9.17) is 23.7 Å². The lowest BCUT2D eigenvalue weighted by molar-refractivity contribution is -0.149. The number of esters is 1.